The zero-order valence-electron chi connectivity index (χ0n) is 10.6. The van der Waals surface area contributed by atoms with Crippen LogP contribution >= 0.6 is 22.9 Å². The van der Waals surface area contributed by atoms with Crippen molar-refractivity contribution in [2.45, 2.75) is 11.1 Å². The molecule has 1 amide bonds. The van der Waals surface area contributed by atoms with Crippen LogP contribution in [0, 0.1) is 12.7 Å². The molecular formula is C11H9ClFN3O3S2. The van der Waals surface area contributed by atoms with Gasteiger partial charge in [0.1, 0.15) is 5.82 Å². The van der Waals surface area contributed by atoms with E-state index in [-0.39, 0.29) is 25.6 Å². The molecule has 0 aliphatic rings. The molecule has 10 heteroatoms. The van der Waals surface area contributed by atoms with Gasteiger partial charge in [-0.05, 0) is 25.1 Å². The van der Waals surface area contributed by atoms with Crippen LogP contribution in [0.2, 0.25) is 5.02 Å². The number of carbonyl (C=O) groups excluding carboxylic acids is 1. The Hall–Kier alpha value is -1.55. The molecule has 0 saturated carbocycles. The van der Waals surface area contributed by atoms with Crippen molar-refractivity contribution in [1.29, 1.82) is 0 Å². The molecular weight excluding hydrogens is 341 g/mol. The molecule has 0 aliphatic carbocycles. The lowest BCUT2D eigenvalue weighted by Gasteiger charge is -2.03. The number of thiazole rings is 1. The number of benzene rings is 1. The molecule has 2 aromatic rings. The second kappa shape index (κ2) is 5.68. The van der Waals surface area contributed by atoms with Crippen LogP contribution < -0.4 is 10.5 Å². The van der Waals surface area contributed by atoms with Gasteiger partial charge >= 0.3 is 0 Å². The first-order valence-electron chi connectivity index (χ1n) is 5.45. The number of nitrogens with zero attached hydrogens (tertiary/aromatic N) is 1. The smallest absolute Gasteiger partial charge is 0.260 e. The first-order chi connectivity index (χ1) is 9.68. The third-order valence-corrected chi connectivity index (χ3v) is 5.27. The molecule has 0 aliphatic heterocycles. The van der Waals surface area contributed by atoms with Gasteiger partial charge in [0.25, 0.3) is 5.91 Å². The molecule has 0 atom stereocenters. The van der Waals surface area contributed by atoms with Crippen molar-refractivity contribution in [1.82, 2.24) is 4.98 Å². The molecule has 3 N–H and O–H groups in total. The average Bonchev–Trinajstić information content (AvgIpc) is 2.73. The molecule has 0 unspecified atom stereocenters. The zero-order chi connectivity index (χ0) is 15.8. The Bertz CT molecular complexity index is 820. The number of nitrogens with two attached hydrogens (primary N) is 1. The zero-order valence-corrected chi connectivity index (χ0v) is 12.9. The third kappa shape index (κ3) is 3.56. The lowest BCUT2D eigenvalue weighted by Crippen LogP contribution is -2.13. The van der Waals surface area contributed by atoms with Gasteiger partial charge in [-0.25, -0.2) is 22.9 Å². The number of carbonyl (C=O) groups is 1. The summed E-state index contributed by atoms with van der Waals surface area (Å²) in [7, 11) is -3.92. The molecule has 0 saturated heterocycles. The minimum atomic E-state index is -3.92. The van der Waals surface area contributed by atoms with Crippen LogP contribution in [0.25, 0.3) is 0 Å². The number of hydrogen-bond acceptors (Lipinski definition) is 5. The maximum atomic E-state index is 13.5. The van der Waals surface area contributed by atoms with Gasteiger partial charge in [-0.3, -0.25) is 10.1 Å². The molecule has 0 fully saturated rings. The maximum absolute atomic E-state index is 13.5. The summed E-state index contributed by atoms with van der Waals surface area (Å²) in [5.41, 5.74) is -0.114. The van der Waals surface area contributed by atoms with Crippen molar-refractivity contribution in [3.8, 4) is 0 Å². The van der Waals surface area contributed by atoms with E-state index < -0.39 is 21.7 Å². The Morgan fingerprint density at radius 3 is 2.71 bits per heavy atom. The fourth-order valence-electron chi connectivity index (χ4n) is 1.54. The quantitative estimate of drug-likeness (QED) is 0.886. The Balaban J connectivity index is 2.30. The van der Waals surface area contributed by atoms with Gasteiger partial charge in [0.05, 0.1) is 11.3 Å². The largest absolute Gasteiger partial charge is 0.298 e. The van der Waals surface area contributed by atoms with Crippen molar-refractivity contribution >= 4 is 44.0 Å². The second-order valence-corrected chi connectivity index (χ2v) is 7.21. The molecule has 0 bridgehead atoms. The van der Waals surface area contributed by atoms with E-state index in [0.29, 0.717) is 11.3 Å². The number of rotatable bonds is 3. The van der Waals surface area contributed by atoms with Crippen LogP contribution in [0.5, 0.6) is 0 Å². The molecule has 2 rings (SSSR count). The van der Waals surface area contributed by atoms with E-state index in [9.17, 15) is 17.6 Å². The first kappa shape index (κ1) is 15.8. The van der Waals surface area contributed by atoms with E-state index in [1.165, 1.54) is 13.0 Å². The molecule has 1 aromatic heterocycles. The Morgan fingerprint density at radius 2 is 2.14 bits per heavy atom. The highest BCUT2D eigenvalue weighted by atomic mass is 35.5. The maximum Gasteiger partial charge on any atom is 0.260 e. The average molecular weight is 350 g/mol. The van der Waals surface area contributed by atoms with Crippen molar-refractivity contribution < 1.29 is 17.6 Å². The number of primary sulfonamides is 1. The summed E-state index contributed by atoms with van der Waals surface area (Å²) in [5.74, 6) is -1.54. The monoisotopic (exact) mass is 349 g/mol. The topological polar surface area (TPSA) is 102 Å². The number of aryl methyl sites for hydroxylation is 1. The summed E-state index contributed by atoms with van der Waals surface area (Å²) in [5, 5.41) is 7.52. The molecule has 6 nitrogen and oxygen atoms in total. The molecule has 1 aromatic carbocycles. The fraction of sp³-hybridized carbons (Fsp3) is 0.0909. The van der Waals surface area contributed by atoms with Gasteiger partial charge in [0, 0.05) is 5.02 Å². The number of anilines is 1. The third-order valence-electron chi connectivity index (χ3n) is 2.41. The molecule has 21 heavy (non-hydrogen) atoms. The highest BCUT2D eigenvalue weighted by molar-refractivity contribution is 7.91. The van der Waals surface area contributed by atoms with Crippen LogP contribution in [-0.2, 0) is 10.0 Å². The SMILES string of the molecule is Cc1nc(NC(=O)c2cc(Cl)ccc2F)sc1S(N)(=O)=O. The second-order valence-electron chi connectivity index (χ2n) is 4.02. The number of aromatic nitrogens is 1. The number of amides is 1. The fourth-order valence-corrected chi connectivity index (χ4v) is 3.56. The molecule has 0 radical (unpaired) electrons. The predicted octanol–water partition coefficient (Wildman–Crippen LogP) is 2.14. The standard InChI is InChI=1S/C11H9ClFN3O3S2/c1-5-10(21(14,18)19)20-11(15-5)16-9(17)7-4-6(12)2-3-8(7)13/h2-4H,1H3,(H2,14,18,19)(H,15,16,17). The Labute approximate surface area is 128 Å². The van der Waals surface area contributed by atoms with Gasteiger partial charge in [0.15, 0.2) is 9.34 Å². The van der Waals surface area contributed by atoms with Gasteiger partial charge in [0.2, 0.25) is 10.0 Å². The predicted molar refractivity (Wildman–Crippen MR) is 77.6 cm³/mol. The summed E-state index contributed by atoms with van der Waals surface area (Å²) >= 11 is 6.39. The Morgan fingerprint density at radius 1 is 1.48 bits per heavy atom. The molecule has 1 heterocycles. The lowest BCUT2D eigenvalue weighted by molar-refractivity contribution is 0.102. The van der Waals surface area contributed by atoms with Crippen LogP contribution in [0.15, 0.2) is 22.4 Å². The van der Waals surface area contributed by atoms with E-state index in [1.54, 1.807) is 0 Å². The number of nitrogens with one attached hydrogen (secondary N) is 1. The number of halogens is 2. The van der Waals surface area contributed by atoms with Gasteiger partial charge < -0.3 is 0 Å². The van der Waals surface area contributed by atoms with Gasteiger partial charge in [-0.15, -0.1) is 0 Å². The van der Waals surface area contributed by atoms with Crippen LogP contribution in [0.3, 0.4) is 0 Å². The summed E-state index contributed by atoms with van der Waals surface area (Å²) < 4.78 is 35.9. The summed E-state index contributed by atoms with van der Waals surface area (Å²) in [6.45, 7) is 1.44. The van der Waals surface area contributed by atoms with Gasteiger partial charge in [-0.2, -0.15) is 0 Å². The summed E-state index contributed by atoms with van der Waals surface area (Å²) in [6, 6.07) is 3.52. The van der Waals surface area contributed by atoms with E-state index in [0.717, 1.165) is 12.1 Å². The van der Waals surface area contributed by atoms with Crippen LogP contribution in [-0.4, -0.2) is 19.3 Å². The van der Waals surface area contributed by atoms with Crippen molar-refractivity contribution in [2.24, 2.45) is 5.14 Å². The highest BCUT2D eigenvalue weighted by Crippen LogP contribution is 2.26. The van der Waals surface area contributed by atoms with Gasteiger partial charge in [-0.1, -0.05) is 22.9 Å². The summed E-state index contributed by atoms with van der Waals surface area (Å²) in [6.07, 6.45) is 0. The molecule has 0 spiro atoms. The van der Waals surface area contributed by atoms with Crippen LogP contribution in [0.4, 0.5) is 9.52 Å². The van der Waals surface area contributed by atoms with E-state index in [2.05, 4.69) is 10.3 Å². The minimum Gasteiger partial charge on any atom is -0.298 e. The minimum absolute atomic E-state index is 0.000834. The summed E-state index contributed by atoms with van der Waals surface area (Å²) in [4.78, 5) is 15.8. The van der Waals surface area contributed by atoms with E-state index in [1.807, 2.05) is 0 Å². The van der Waals surface area contributed by atoms with E-state index in [4.69, 9.17) is 16.7 Å². The van der Waals surface area contributed by atoms with Crippen molar-refractivity contribution in [3.05, 3.63) is 40.3 Å². The van der Waals surface area contributed by atoms with Crippen molar-refractivity contribution in [3.63, 3.8) is 0 Å². The highest BCUT2D eigenvalue weighted by Gasteiger charge is 2.20. The lowest BCUT2D eigenvalue weighted by atomic mass is 10.2. The number of hydrogen-bond donors (Lipinski definition) is 2. The first-order valence-corrected chi connectivity index (χ1v) is 8.19. The van der Waals surface area contributed by atoms with E-state index >= 15 is 0 Å². The normalized spacial score (nSPS) is 11.4. The number of sulfonamides is 1. The molecule has 112 valence electrons. The van der Waals surface area contributed by atoms with Crippen LogP contribution in [0.1, 0.15) is 16.1 Å². The Kier molecular flexibility index (Phi) is 4.28. The van der Waals surface area contributed by atoms with Crippen molar-refractivity contribution in [2.75, 3.05) is 5.32 Å².